The minimum absolute atomic E-state index is 0.0371. The van der Waals surface area contributed by atoms with Gasteiger partial charge in [0.15, 0.2) is 0 Å². The highest BCUT2D eigenvalue weighted by molar-refractivity contribution is 5.79. The number of nitrogens with one attached hydrogen (secondary N) is 3. The van der Waals surface area contributed by atoms with E-state index in [2.05, 4.69) is 64.5 Å². The molecule has 340 valence electrons. The average Bonchev–Trinajstić information content (AvgIpc) is 3.62. The number of hydrogen-bond donors (Lipinski definition) is 3. The zero-order valence-corrected chi connectivity index (χ0v) is 37.3. The normalized spacial score (nSPS) is 14.0. The molecule has 0 aliphatic heterocycles. The van der Waals surface area contributed by atoms with Gasteiger partial charge in [-0.25, -0.2) is 4.79 Å². The lowest BCUT2D eigenvalue weighted by Crippen LogP contribution is -2.27. The van der Waals surface area contributed by atoms with Crippen molar-refractivity contribution in [3.8, 4) is 22.6 Å². The number of alkyl carbamates (subject to hydrolysis) is 1. The highest BCUT2D eigenvalue weighted by Gasteiger charge is 2.29. The lowest BCUT2D eigenvalue weighted by molar-refractivity contribution is -0.121. The number of benzene rings is 4. The Bertz CT molecular complexity index is 1900. The van der Waals surface area contributed by atoms with E-state index in [1.165, 1.54) is 72.8 Å². The van der Waals surface area contributed by atoms with Crippen molar-refractivity contribution in [2.75, 3.05) is 73.1 Å². The van der Waals surface area contributed by atoms with E-state index >= 15 is 0 Å². The van der Waals surface area contributed by atoms with Gasteiger partial charge in [0, 0.05) is 56.8 Å². The molecule has 1 fully saturated rings. The van der Waals surface area contributed by atoms with Crippen LogP contribution in [-0.2, 0) is 36.8 Å². The second kappa shape index (κ2) is 27.3. The monoisotopic (exact) mass is 864 g/mol. The third-order valence-corrected chi connectivity index (χ3v) is 11.9. The molecule has 0 bridgehead atoms. The van der Waals surface area contributed by atoms with Crippen LogP contribution in [0.1, 0.15) is 110 Å². The quantitative estimate of drug-likeness (QED) is 0.0503. The zero-order chi connectivity index (χ0) is 43.7. The van der Waals surface area contributed by atoms with Gasteiger partial charge in [-0.1, -0.05) is 111 Å². The molecule has 0 radical (unpaired) electrons. The molecule has 0 heterocycles. The van der Waals surface area contributed by atoms with Crippen molar-refractivity contribution in [3.63, 3.8) is 0 Å². The summed E-state index contributed by atoms with van der Waals surface area (Å²) in [6, 6.07) is 31.3. The lowest BCUT2D eigenvalue weighted by atomic mass is 9.86. The van der Waals surface area contributed by atoms with Gasteiger partial charge in [0.25, 0.3) is 0 Å². The minimum Gasteiger partial charge on any atom is -0.496 e. The Balaban J connectivity index is 0.708. The van der Waals surface area contributed by atoms with Crippen molar-refractivity contribution < 1.29 is 38.0 Å². The maximum absolute atomic E-state index is 12.5. The summed E-state index contributed by atoms with van der Waals surface area (Å²) in [7, 11) is 1.66. The van der Waals surface area contributed by atoms with Crippen LogP contribution in [0, 0.1) is 0 Å². The van der Waals surface area contributed by atoms with Gasteiger partial charge in [0.1, 0.15) is 18.1 Å². The molecule has 63 heavy (non-hydrogen) atoms. The van der Waals surface area contributed by atoms with Crippen LogP contribution < -0.4 is 25.4 Å². The van der Waals surface area contributed by atoms with Crippen molar-refractivity contribution in [1.29, 1.82) is 0 Å². The molecule has 0 atom stereocenters. The van der Waals surface area contributed by atoms with Crippen molar-refractivity contribution in [3.05, 3.63) is 119 Å². The smallest absolute Gasteiger partial charge is 0.407 e. The van der Waals surface area contributed by atoms with Gasteiger partial charge in [-0.15, -0.1) is 0 Å². The molecular formula is C52H69N3O8. The van der Waals surface area contributed by atoms with E-state index in [4.69, 9.17) is 28.4 Å². The Kier molecular flexibility index (Phi) is 20.6. The van der Waals surface area contributed by atoms with Crippen LogP contribution in [0.5, 0.6) is 11.5 Å². The molecule has 2 aliphatic rings. The van der Waals surface area contributed by atoms with Gasteiger partial charge in [0.05, 0.1) is 40.1 Å². The van der Waals surface area contributed by atoms with E-state index < -0.39 is 6.09 Å². The Morgan fingerprint density at radius 1 is 0.635 bits per heavy atom. The van der Waals surface area contributed by atoms with Gasteiger partial charge in [-0.3, -0.25) is 4.79 Å². The molecule has 4 aromatic carbocycles. The van der Waals surface area contributed by atoms with Crippen molar-refractivity contribution >= 4 is 12.0 Å². The summed E-state index contributed by atoms with van der Waals surface area (Å²) in [6.45, 7) is 6.44. The third-order valence-electron chi connectivity index (χ3n) is 11.9. The molecule has 11 nitrogen and oxygen atoms in total. The Morgan fingerprint density at radius 2 is 1.27 bits per heavy atom. The fraction of sp³-hybridized carbons (Fsp3) is 0.500. The van der Waals surface area contributed by atoms with Crippen LogP contribution in [0.3, 0.4) is 0 Å². The molecule has 3 N–H and O–H groups in total. The Labute approximate surface area is 374 Å². The molecule has 0 spiro atoms. The number of carbonyl (C=O) groups excluding carboxylic acids is 2. The number of hydrogen-bond acceptors (Lipinski definition) is 9. The summed E-state index contributed by atoms with van der Waals surface area (Å²) in [5, 5.41) is 9.33. The predicted octanol–water partition coefficient (Wildman–Crippen LogP) is 9.46. The van der Waals surface area contributed by atoms with Crippen LogP contribution in [-0.4, -0.2) is 85.1 Å². The van der Waals surface area contributed by atoms with E-state index in [9.17, 15) is 9.59 Å². The summed E-state index contributed by atoms with van der Waals surface area (Å²) in [5.74, 6) is 2.25. The van der Waals surface area contributed by atoms with E-state index in [-0.39, 0.29) is 11.8 Å². The molecule has 4 aromatic rings. The Morgan fingerprint density at radius 3 is 1.95 bits per heavy atom. The molecule has 2 amide bonds. The number of ether oxygens (including phenoxy) is 6. The molecule has 0 unspecified atom stereocenters. The van der Waals surface area contributed by atoms with Gasteiger partial charge in [-0.05, 0) is 84.0 Å². The number of fused-ring (bicyclic) bond motifs is 3. The van der Waals surface area contributed by atoms with Crippen molar-refractivity contribution in [1.82, 2.24) is 16.0 Å². The standard InChI is InChI=1S/C52H69N3O8/c1-58-50-36-44(62-31-11-20-51(56)55-37-40-21-23-42(24-22-40)41-14-5-3-2-4-6-15-41)26-25-43(50)38-53-27-12-29-59-32-34-61-35-33-60-30-13-28-54-52(57)63-39-49-47-18-9-7-16-45(47)46-17-8-10-19-48(46)49/h7-10,16-19,21-26,36,41,49,53H,2-6,11-15,20,27-35,37-39H2,1H3,(H,54,57)(H,55,56). The summed E-state index contributed by atoms with van der Waals surface area (Å²) in [6.07, 6.45) is 11.6. The van der Waals surface area contributed by atoms with E-state index in [1.54, 1.807) is 7.11 Å². The van der Waals surface area contributed by atoms with Gasteiger partial charge in [0.2, 0.25) is 5.91 Å². The van der Waals surface area contributed by atoms with Gasteiger partial charge >= 0.3 is 6.09 Å². The number of methoxy groups -OCH3 is 1. The largest absolute Gasteiger partial charge is 0.496 e. The van der Waals surface area contributed by atoms with E-state index in [1.807, 2.05) is 42.5 Å². The first-order valence-corrected chi connectivity index (χ1v) is 23.3. The molecule has 1 saturated carbocycles. The zero-order valence-electron chi connectivity index (χ0n) is 37.3. The molecule has 0 aromatic heterocycles. The van der Waals surface area contributed by atoms with Crippen molar-refractivity contribution in [2.24, 2.45) is 0 Å². The highest BCUT2D eigenvalue weighted by atomic mass is 16.6. The first-order chi connectivity index (χ1) is 31.1. The maximum atomic E-state index is 12.5. The van der Waals surface area contributed by atoms with Crippen LogP contribution in [0.25, 0.3) is 11.1 Å². The van der Waals surface area contributed by atoms with Crippen LogP contribution in [0.4, 0.5) is 4.79 Å². The number of rotatable bonds is 27. The average molecular weight is 864 g/mol. The highest BCUT2D eigenvalue weighted by Crippen LogP contribution is 2.44. The summed E-state index contributed by atoms with van der Waals surface area (Å²) in [5.41, 5.74) is 8.44. The first kappa shape index (κ1) is 47.5. The first-order valence-electron chi connectivity index (χ1n) is 23.3. The maximum Gasteiger partial charge on any atom is 0.407 e. The van der Waals surface area contributed by atoms with Crippen LogP contribution >= 0.6 is 0 Å². The SMILES string of the molecule is COc1cc(OCCCC(=O)NCc2ccc(C3CCCCCCC3)cc2)ccc1CNCCCOCCOCCOCCCNC(=O)OCC1c2ccccc2-c2ccccc21. The molecular weight excluding hydrogens is 795 g/mol. The fourth-order valence-corrected chi connectivity index (χ4v) is 8.45. The van der Waals surface area contributed by atoms with E-state index in [0.29, 0.717) is 97.7 Å². The predicted molar refractivity (Wildman–Crippen MR) is 248 cm³/mol. The van der Waals surface area contributed by atoms with E-state index in [0.717, 1.165) is 35.6 Å². The topological polar surface area (TPSA) is 126 Å². The lowest BCUT2D eigenvalue weighted by Gasteiger charge is -2.20. The second-order valence-electron chi connectivity index (χ2n) is 16.5. The second-order valence-corrected chi connectivity index (χ2v) is 16.5. The van der Waals surface area contributed by atoms with Gasteiger partial charge in [-0.2, -0.15) is 0 Å². The minimum atomic E-state index is -0.411. The summed E-state index contributed by atoms with van der Waals surface area (Å²) < 4.78 is 34.1. The Hall–Kier alpha value is -4.94. The van der Waals surface area contributed by atoms with Crippen molar-refractivity contribution in [2.45, 2.75) is 95.6 Å². The molecule has 2 aliphatic carbocycles. The third kappa shape index (κ3) is 16.0. The molecule has 0 saturated heterocycles. The molecule has 6 rings (SSSR count). The molecule has 11 heteroatoms. The number of carbonyl (C=O) groups is 2. The number of amides is 2. The summed E-state index contributed by atoms with van der Waals surface area (Å²) in [4.78, 5) is 24.8. The van der Waals surface area contributed by atoms with Crippen LogP contribution in [0.15, 0.2) is 91.0 Å². The fourth-order valence-electron chi connectivity index (χ4n) is 8.45. The van der Waals surface area contributed by atoms with Gasteiger partial charge < -0.3 is 44.4 Å². The van der Waals surface area contributed by atoms with Crippen LogP contribution in [0.2, 0.25) is 0 Å². The summed E-state index contributed by atoms with van der Waals surface area (Å²) >= 11 is 0.